The highest BCUT2D eigenvalue weighted by Gasteiger charge is 2.25. The molecule has 1 aliphatic rings. The van der Waals surface area contributed by atoms with Crippen molar-refractivity contribution in [2.45, 2.75) is 18.9 Å². The molecule has 8 heteroatoms. The van der Waals surface area contributed by atoms with E-state index in [4.69, 9.17) is 11.6 Å². The molecule has 1 amide bonds. The molecule has 3 rings (SSSR count). The molecule has 1 saturated heterocycles. The Balaban J connectivity index is 1.71. The number of carbonyl (C=O) groups excluding carboxylic acids is 1. The van der Waals surface area contributed by atoms with Crippen molar-refractivity contribution in [2.75, 3.05) is 19.6 Å². The number of nitro groups is 1. The van der Waals surface area contributed by atoms with Gasteiger partial charge < -0.3 is 5.32 Å². The SMILES string of the molecule is O=C(NCC(c1ccsc1)N1CCCC1)c1ccc(Cl)c([N+](=O)[O-])c1. The van der Waals surface area contributed by atoms with Crippen LogP contribution in [0, 0.1) is 10.1 Å². The van der Waals surface area contributed by atoms with Gasteiger partial charge in [-0.3, -0.25) is 19.8 Å². The largest absolute Gasteiger partial charge is 0.350 e. The first kappa shape index (κ1) is 17.8. The van der Waals surface area contributed by atoms with E-state index in [1.54, 1.807) is 11.3 Å². The minimum Gasteiger partial charge on any atom is -0.350 e. The van der Waals surface area contributed by atoms with Crippen LogP contribution in [-0.2, 0) is 0 Å². The second-order valence-electron chi connectivity index (χ2n) is 5.95. The highest BCUT2D eigenvalue weighted by atomic mass is 35.5. The molecular formula is C17H18ClN3O3S. The molecular weight excluding hydrogens is 362 g/mol. The van der Waals surface area contributed by atoms with E-state index >= 15 is 0 Å². The topological polar surface area (TPSA) is 75.5 Å². The average molecular weight is 380 g/mol. The number of nitrogens with zero attached hydrogens (tertiary/aromatic N) is 2. The fourth-order valence-corrected chi connectivity index (χ4v) is 3.95. The maximum absolute atomic E-state index is 12.4. The van der Waals surface area contributed by atoms with Crippen molar-refractivity contribution in [3.8, 4) is 0 Å². The first-order chi connectivity index (χ1) is 12.1. The van der Waals surface area contributed by atoms with E-state index in [1.807, 2.05) is 5.38 Å². The Labute approximate surface area is 154 Å². The number of benzene rings is 1. The Morgan fingerprint density at radius 3 is 2.76 bits per heavy atom. The third kappa shape index (κ3) is 4.18. The second kappa shape index (κ2) is 7.95. The van der Waals surface area contributed by atoms with Crippen molar-refractivity contribution in [1.82, 2.24) is 10.2 Å². The summed E-state index contributed by atoms with van der Waals surface area (Å²) in [4.78, 5) is 25.2. The van der Waals surface area contributed by atoms with Crippen LogP contribution in [0.2, 0.25) is 5.02 Å². The molecule has 2 aromatic rings. The van der Waals surface area contributed by atoms with Gasteiger partial charge in [0.05, 0.1) is 11.0 Å². The zero-order chi connectivity index (χ0) is 17.8. The van der Waals surface area contributed by atoms with Crippen LogP contribution in [0.1, 0.15) is 34.8 Å². The molecule has 1 aromatic carbocycles. The zero-order valence-corrected chi connectivity index (χ0v) is 15.1. The lowest BCUT2D eigenvalue weighted by Crippen LogP contribution is -2.36. The molecule has 0 radical (unpaired) electrons. The number of halogens is 1. The van der Waals surface area contributed by atoms with Crippen LogP contribution in [0.5, 0.6) is 0 Å². The predicted octanol–water partition coefficient (Wildman–Crippen LogP) is 3.88. The van der Waals surface area contributed by atoms with Crippen molar-refractivity contribution in [2.24, 2.45) is 0 Å². The standard InChI is InChI=1S/C17H18ClN3O3S/c18-14-4-3-12(9-15(14)21(23)24)17(22)19-10-16(13-5-8-25-11-13)20-6-1-2-7-20/h3-5,8-9,11,16H,1-2,6-7,10H2,(H,19,22). The molecule has 0 saturated carbocycles. The highest BCUT2D eigenvalue weighted by molar-refractivity contribution is 7.07. The summed E-state index contributed by atoms with van der Waals surface area (Å²) in [6.45, 7) is 2.50. The van der Waals surface area contributed by atoms with Crippen LogP contribution in [-0.4, -0.2) is 35.4 Å². The van der Waals surface area contributed by atoms with E-state index in [1.165, 1.54) is 23.8 Å². The van der Waals surface area contributed by atoms with Gasteiger partial charge in [0.25, 0.3) is 11.6 Å². The summed E-state index contributed by atoms with van der Waals surface area (Å²) in [5, 5.41) is 18.0. The van der Waals surface area contributed by atoms with Crippen LogP contribution in [0.15, 0.2) is 35.0 Å². The number of nitro benzene ring substituents is 1. The van der Waals surface area contributed by atoms with Crippen LogP contribution in [0.25, 0.3) is 0 Å². The van der Waals surface area contributed by atoms with Gasteiger partial charge >= 0.3 is 0 Å². The molecule has 2 heterocycles. The molecule has 25 heavy (non-hydrogen) atoms. The summed E-state index contributed by atoms with van der Waals surface area (Å²) >= 11 is 7.43. The van der Waals surface area contributed by atoms with Crippen LogP contribution in [0.3, 0.4) is 0 Å². The minimum absolute atomic E-state index is 0.0229. The number of hydrogen-bond donors (Lipinski definition) is 1. The third-order valence-electron chi connectivity index (χ3n) is 4.37. The highest BCUT2D eigenvalue weighted by Crippen LogP contribution is 2.27. The van der Waals surface area contributed by atoms with Gasteiger partial charge in [-0.25, -0.2) is 0 Å². The third-order valence-corrected chi connectivity index (χ3v) is 5.39. The molecule has 6 nitrogen and oxygen atoms in total. The first-order valence-corrected chi connectivity index (χ1v) is 9.36. The molecule has 132 valence electrons. The molecule has 1 aromatic heterocycles. The number of amides is 1. The Morgan fingerprint density at radius 1 is 1.36 bits per heavy atom. The summed E-state index contributed by atoms with van der Waals surface area (Å²) in [6, 6.07) is 6.30. The van der Waals surface area contributed by atoms with Crippen molar-refractivity contribution >= 4 is 34.5 Å². The van der Waals surface area contributed by atoms with Crippen molar-refractivity contribution in [1.29, 1.82) is 0 Å². The van der Waals surface area contributed by atoms with Crippen molar-refractivity contribution in [3.05, 3.63) is 61.3 Å². The maximum atomic E-state index is 12.4. The molecule has 1 atom stereocenters. The van der Waals surface area contributed by atoms with E-state index < -0.39 is 4.92 Å². The van der Waals surface area contributed by atoms with Gasteiger partial charge in [-0.05, 0) is 60.5 Å². The smallest absolute Gasteiger partial charge is 0.288 e. The summed E-state index contributed by atoms with van der Waals surface area (Å²) in [5.41, 5.74) is 1.17. The van der Waals surface area contributed by atoms with Gasteiger partial charge in [-0.15, -0.1) is 0 Å². The second-order valence-corrected chi connectivity index (χ2v) is 7.14. The van der Waals surface area contributed by atoms with Gasteiger partial charge in [0.2, 0.25) is 0 Å². The Hall–Kier alpha value is -1.96. The monoisotopic (exact) mass is 379 g/mol. The molecule has 0 aliphatic carbocycles. The van der Waals surface area contributed by atoms with Gasteiger partial charge in [-0.2, -0.15) is 11.3 Å². The fourth-order valence-electron chi connectivity index (χ4n) is 3.06. The fraction of sp³-hybridized carbons (Fsp3) is 0.353. The Bertz CT molecular complexity index is 761. The van der Waals surface area contributed by atoms with Crippen LogP contribution < -0.4 is 5.32 Å². The lowest BCUT2D eigenvalue weighted by atomic mass is 10.1. The van der Waals surface area contributed by atoms with Crippen LogP contribution in [0.4, 0.5) is 5.69 Å². The lowest BCUT2D eigenvalue weighted by Gasteiger charge is -2.27. The van der Waals surface area contributed by atoms with E-state index in [0.717, 1.165) is 25.9 Å². The van der Waals surface area contributed by atoms with Gasteiger partial charge in [0, 0.05) is 18.2 Å². The normalized spacial score (nSPS) is 15.9. The zero-order valence-electron chi connectivity index (χ0n) is 13.5. The van der Waals surface area contributed by atoms with Crippen molar-refractivity contribution < 1.29 is 9.72 Å². The summed E-state index contributed by atoms with van der Waals surface area (Å²) in [7, 11) is 0. The van der Waals surface area contributed by atoms with Gasteiger partial charge in [0.1, 0.15) is 5.02 Å². The van der Waals surface area contributed by atoms with Crippen LogP contribution >= 0.6 is 22.9 Å². The lowest BCUT2D eigenvalue weighted by molar-refractivity contribution is -0.384. The summed E-state index contributed by atoms with van der Waals surface area (Å²) in [6.07, 6.45) is 2.33. The summed E-state index contributed by atoms with van der Waals surface area (Å²) < 4.78 is 0. The number of likely N-dealkylation sites (tertiary alicyclic amines) is 1. The number of rotatable bonds is 6. The Morgan fingerprint density at radius 2 is 2.12 bits per heavy atom. The van der Waals surface area contributed by atoms with Gasteiger partial charge in [0.15, 0.2) is 0 Å². The predicted molar refractivity (Wildman–Crippen MR) is 98.3 cm³/mol. The number of nitrogens with one attached hydrogen (secondary N) is 1. The molecule has 1 unspecified atom stereocenters. The molecule has 1 fully saturated rings. The average Bonchev–Trinajstić information content (AvgIpc) is 3.29. The van der Waals surface area contributed by atoms with E-state index in [9.17, 15) is 14.9 Å². The number of thiophene rings is 1. The maximum Gasteiger partial charge on any atom is 0.288 e. The van der Waals surface area contributed by atoms with Gasteiger partial charge in [-0.1, -0.05) is 11.6 Å². The molecule has 1 aliphatic heterocycles. The Kier molecular flexibility index (Phi) is 5.67. The van der Waals surface area contributed by atoms with Crippen molar-refractivity contribution in [3.63, 3.8) is 0 Å². The quantitative estimate of drug-likeness (QED) is 0.610. The minimum atomic E-state index is -0.586. The summed E-state index contributed by atoms with van der Waals surface area (Å²) in [5.74, 6) is -0.334. The molecule has 1 N–H and O–H groups in total. The number of hydrogen-bond acceptors (Lipinski definition) is 5. The number of carbonyl (C=O) groups is 1. The van der Waals surface area contributed by atoms with E-state index in [-0.39, 0.29) is 28.2 Å². The first-order valence-electron chi connectivity index (χ1n) is 8.04. The molecule has 0 bridgehead atoms. The molecule has 0 spiro atoms. The van der Waals surface area contributed by atoms with E-state index in [0.29, 0.717) is 6.54 Å². The van der Waals surface area contributed by atoms with E-state index in [2.05, 4.69) is 21.7 Å².